The summed E-state index contributed by atoms with van der Waals surface area (Å²) in [6.45, 7) is 6.19. The molecule has 2 N–H and O–H groups in total. The van der Waals surface area contributed by atoms with Gasteiger partial charge in [0.2, 0.25) is 0 Å². The summed E-state index contributed by atoms with van der Waals surface area (Å²) in [6, 6.07) is 8.80. The molecular weight excluding hydrogens is 389 g/mol. The quantitative estimate of drug-likeness (QED) is 0.704. The van der Waals surface area contributed by atoms with Gasteiger partial charge in [-0.05, 0) is 29.9 Å². The SMILES string of the molecule is Cn1c(NCCN2CCN(Cc3ccc(F)cc3)CC2)c(C#N)c(=N)n(C)c1=S. The van der Waals surface area contributed by atoms with Crippen LogP contribution in [-0.4, -0.2) is 58.2 Å². The lowest BCUT2D eigenvalue weighted by Crippen LogP contribution is -2.47. The standard InChI is InChI=1S/C20H26FN7S/c1-25-18(23)17(13-22)19(26(2)20(25)29)24-7-8-27-9-11-28(12-10-27)14-15-3-5-16(21)6-4-15/h3-6,23-24H,7-12,14H2,1-2H3. The summed E-state index contributed by atoms with van der Waals surface area (Å²) in [7, 11) is 3.50. The molecule has 0 spiro atoms. The number of hydrogen-bond acceptors (Lipinski definition) is 6. The van der Waals surface area contributed by atoms with Gasteiger partial charge >= 0.3 is 0 Å². The number of nitrogens with zero attached hydrogens (tertiary/aromatic N) is 5. The van der Waals surface area contributed by atoms with E-state index in [0.717, 1.165) is 44.8 Å². The van der Waals surface area contributed by atoms with Crippen LogP contribution in [0, 0.1) is 27.3 Å². The number of hydrogen-bond donors (Lipinski definition) is 2. The zero-order valence-electron chi connectivity index (χ0n) is 16.8. The number of benzene rings is 1. The molecule has 0 amide bonds. The van der Waals surface area contributed by atoms with Crippen LogP contribution in [0.25, 0.3) is 0 Å². The molecule has 1 aromatic carbocycles. The molecule has 2 heterocycles. The maximum atomic E-state index is 13.0. The van der Waals surface area contributed by atoms with Crippen LogP contribution < -0.4 is 10.8 Å². The summed E-state index contributed by atoms with van der Waals surface area (Å²) in [5.74, 6) is 0.391. The van der Waals surface area contributed by atoms with E-state index in [0.29, 0.717) is 22.7 Å². The zero-order valence-corrected chi connectivity index (χ0v) is 17.6. The first-order chi connectivity index (χ1) is 13.9. The zero-order chi connectivity index (χ0) is 21.0. The highest BCUT2D eigenvalue weighted by atomic mass is 32.1. The van der Waals surface area contributed by atoms with Crippen molar-refractivity contribution in [3.05, 3.63) is 51.5 Å². The van der Waals surface area contributed by atoms with Gasteiger partial charge in [0.05, 0.1) is 0 Å². The van der Waals surface area contributed by atoms with E-state index in [4.69, 9.17) is 17.6 Å². The van der Waals surface area contributed by atoms with Crippen LogP contribution in [0.2, 0.25) is 0 Å². The lowest BCUT2D eigenvalue weighted by molar-refractivity contribution is 0.130. The van der Waals surface area contributed by atoms with Crippen LogP contribution in [0.1, 0.15) is 11.1 Å². The van der Waals surface area contributed by atoms with Crippen molar-refractivity contribution in [3.8, 4) is 6.07 Å². The molecule has 1 aromatic heterocycles. The van der Waals surface area contributed by atoms with E-state index >= 15 is 0 Å². The first kappa shape index (κ1) is 21.2. The average Bonchev–Trinajstić information content (AvgIpc) is 2.73. The fourth-order valence-electron chi connectivity index (χ4n) is 3.53. The fourth-order valence-corrected chi connectivity index (χ4v) is 3.71. The lowest BCUT2D eigenvalue weighted by Gasteiger charge is -2.34. The monoisotopic (exact) mass is 415 g/mol. The highest BCUT2D eigenvalue weighted by Crippen LogP contribution is 2.12. The Morgan fingerprint density at radius 1 is 1.10 bits per heavy atom. The molecule has 0 radical (unpaired) electrons. The van der Waals surface area contributed by atoms with Gasteiger partial charge in [-0.15, -0.1) is 0 Å². The van der Waals surface area contributed by atoms with E-state index in [-0.39, 0.29) is 11.3 Å². The predicted molar refractivity (Wildman–Crippen MR) is 112 cm³/mol. The number of aromatic nitrogens is 2. The van der Waals surface area contributed by atoms with Crippen LogP contribution in [0.4, 0.5) is 10.2 Å². The Bertz CT molecular complexity index is 1010. The molecule has 0 bridgehead atoms. The first-order valence-corrected chi connectivity index (χ1v) is 9.99. The second-order valence-electron chi connectivity index (χ2n) is 7.26. The Balaban J connectivity index is 1.52. The maximum absolute atomic E-state index is 13.0. The second-order valence-corrected chi connectivity index (χ2v) is 7.62. The molecule has 29 heavy (non-hydrogen) atoms. The first-order valence-electron chi connectivity index (χ1n) is 9.58. The smallest absolute Gasteiger partial charge is 0.182 e. The van der Waals surface area contributed by atoms with Gasteiger partial charge in [-0.1, -0.05) is 12.1 Å². The summed E-state index contributed by atoms with van der Waals surface area (Å²) in [6.07, 6.45) is 0. The third kappa shape index (κ3) is 4.90. The maximum Gasteiger partial charge on any atom is 0.182 e. The Morgan fingerprint density at radius 2 is 1.72 bits per heavy atom. The highest BCUT2D eigenvalue weighted by molar-refractivity contribution is 7.71. The number of piperazine rings is 1. The Labute approximate surface area is 175 Å². The van der Waals surface area contributed by atoms with Gasteiger partial charge in [0.1, 0.15) is 28.8 Å². The van der Waals surface area contributed by atoms with Crippen LogP contribution >= 0.6 is 12.2 Å². The van der Waals surface area contributed by atoms with Gasteiger partial charge in [0.25, 0.3) is 0 Å². The second kappa shape index (κ2) is 9.31. The number of nitrogens with one attached hydrogen (secondary N) is 2. The predicted octanol–water partition coefficient (Wildman–Crippen LogP) is 1.81. The minimum atomic E-state index is -0.202. The van der Waals surface area contributed by atoms with E-state index in [1.807, 2.05) is 12.1 Å². The van der Waals surface area contributed by atoms with E-state index in [9.17, 15) is 9.65 Å². The molecule has 0 atom stereocenters. The van der Waals surface area contributed by atoms with Gasteiger partial charge in [-0.3, -0.25) is 15.2 Å². The van der Waals surface area contributed by atoms with Crippen molar-refractivity contribution >= 4 is 18.0 Å². The van der Waals surface area contributed by atoms with E-state index in [1.165, 1.54) is 16.7 Å². The van der Waals surface area contributed by atoms with Crippen molar-refractivity contribution in [3.63, 3.8) is 0 Å². The molecular formula is C20H26FN7S. The fraction of sp³-hybridized carbons (Fsp3) is 0.450. The molecule has 154 valence electrons. The van der Waals surface area contributed by atoms with E-state index in [1.54, 1.807) is 18.7 Å². The molecule has 1 aliphatic rings. The van der Waals surface area contributed by atoms with Gasteiger partial charge in [-0.25, -0.2) is 4.39 Å². The largest absolute Gasteiger partial charge is 0.369 e. The third-order valence-electron chi connectivity index (χ3n) is 5.33. The van der Waals surface area contributed by atoms with Crippen LogP contribution in [-0.2, 0) is 20.6 Å². The summed E-state index contributed by atoms with van der Waals surface area (Å²) >= 11 is 5.35. The van der Waals surface area contributed by atoms with Gasteiger partial charge in [0.15, 0.2) is 4.77 Å². The van der Waals surface area contributed by atoms with Crippen molar-refractivity contribution < 1.29 is 4.39 Å². The Kier molecular flexibility index (Phi) is 6.79. The van der Waals surface area contributed by atoms with Crippen molar-refractivity contribution in [1.82, 2.24) is 18.9 Å². The van der Waals surface area contributed by atoms with E-state index in [2.05, 4.69) is 21.2 Å². The molecule has 7 nitrogen and oxygen atoms in total. The van der Waals surface area contributed by atoms with E-state index < -0.39 is 0 Å². The summed E-state index contributed by atoms with van der Waals surface area (Å²) < 4.78 is 16.8. The molecule has 0 unspecified atom stereocenters. The molecule has 1 saturated heterocycles. The normalized spacial score (nSPS) is 15.2. The summed E-state index contributed by atoms with van der Waals surface area (Å²) in [5, 5.41) is 20.9. The molecule has 3 rings (SSSR count). The van der Waals surface area contributed by atoms with Crippen molar-refractivity contribution in [2.45, 2.75) is 6.54 Å². The Morgan fingerprint density at radius 3 is 2.34 bits per heavy atom. The number of halogens is 1. The van der Waals surface area contributed by atoms with Crippen molar-refractivity contribution in [1.29, 1.82) is 10.7 Å². The Hall–Kier alpha value is -2.54. The number of nitriles is 1. The summed E-state index contributed by atoms with van der Waals surface area (Å²) in [5.41, 5.74) is 1.54. The highest BCUT2D eigenvalue weighted by Gasteiger charge is 2.17. The average molecular weight is 416 g/mol. The molecule has 2 aromatic rings. The molecule has 1 fully saturated rings. The molecule has 0 saturated carbocycles. The minimum Gasteiger partial charge on any atom is -0.369 e. The third-order valence-corrected chi connectivity index (χ3v) is 5.88. The summed E-state index contributed by atoms with van der Waals surface area (Å²) in [4.78, 5) is 4.75. The van der Waals surface area contributed by atoms with Gasteiger partial charge < -0.3 is 14.5 Å². The van der Waals surface area contributed by atoms with Crippen molar-refractivity contribution in [2.75, 3.05) is 44.6 Å². The lowest BCUT2D eigenvalue weighted by atomic mass is 10.2. The van der Waals surface area contributed by atoms with Crippen LogP contribution in [0.3, 0.4) is 0 Å². The number of rotatable bonds is 6. The van der Waals surface area contributed by atoms with Gasteiger partial charge in [0, 0.05) is 59.9 Å². The van der Waals surface area contributed by atoms with Crippen LogP contribution in [0.15, 0.2) is 24.3 Å². The van der Waals surface area contributed by atoms with Crippen LogP contribution in [0.5, 0.6) is 0 Å². The molecule has 1 aliphatic heterocycles. The number of anilines is 1. The molecule has 0 aliphatic carbocycles. The minimum absolute atomic E-state index is 0.118. The molecule has 9 heteroatoms. The van der Waals surface area contributed by atoms with Gasteiger partial charge in [-0.2, -0.15) is 5.26 Å². The van der Waals surface area contributed by atoms with Crippen molar-refractivity contribution in [2.24, 2.45) is 14.1 Å². The topological polar surface area (TPSA) is 76.0 Å².